The highest BCUT2D eigenvalue weighted by atomic mass is 79.9. The number of nitrogens with one attached hydrogen (secondary N) is 1. The fraction of sp³-hybridized carbons (Fsp3) is 0.500. The highest BCUT2D eigenvalue weighted by Gasteiger charge is 2.39. The summed E-state index contributed by atoms with van der Waals surface area (Å²) >= 11 is 3.34. The molecule has 0 aromatic carbocycles. The number of hydrogen-bond donors (Lipinski definition) is 1. The first kappa shape index (κ1) is 14.0. The molecule has 0 unspecified atom stereocenters. The second-order valence-electron chi connectivity index (χ2n) is 4.92. The van der Waals surface area contributed by atoms with Crippen LogP contribution in [0.15, 0.2) is 22.9 Å². The van der Waals surface area contributed by atoms with Crippen LogP contribution in [0.3, 0.4) is 0 Å². The second-order valence-corrected chi connectivity index (χ2v) is 5.77. The summed E-state index contributed by atoms with van der Waals surface area (Å²) in [7, 11) is 0. The molecule has 1 aliphatic rings. The lowest BCUT2D eigenvalue weighted by atomic mass is 9.81. The van der Waals surface area contributed by atoms with Crippen molar-refractivity contribution in [2.75, 3.05) is 5.32 Å². The van der Waals surface area contributed by atoms with Gasteiger partial charge in [-0.05, 0) is 34.8 Å². The van der Waals surface area contributed by atoms with E-state index in [1.54, 1.807) is 18.5 Å². The van der Waals surface area contributed by atoms with Crippen molar-refractivity contribution < 1.29 is 4.79 Å². The fourth-order valence-corrected chi connectivity index (χ4v) is 2.79. The summed E-state index contributed by atoms with van der Waals surface area (Å²) in [6.07, 6.45) is 8.65. The molecular weight excluding hydrogens is 306 g/mol. The standard InChI is InChI=1S/C14H16BrN3O/c15-11-9-17-8-5-12(11)18-13(19)14(10-16)6-3-1-2-4-7-14/h5,8-9H,1-4,6-7H2,(H,17,18,19). The minimum atomic E-state index is -0.876. The van der Waals surface area contributed by atoms with Crippen molar-refractivity contribution in [1.82, 2.24) is 4.98 Å². The first-order valence-corrected chi connectivity index (χ1v) is 7.29. The Labute approximate surface area is 121 Å². The molecular formula is C14H16BrN3O. The van der Waals surface area contributed by atoms with Crippen molar-refractivity contribution in [2.24, 2.45) is 5.41 Å². The molecule has 0 aliphatic heterocycles. The zero-order valence-electron chi connectivity index (χ0n) is 10.7. The van der Waals surface area contributed by atoms with Gasteiger partial charge >= 0.3 is 0 Å². The quantitative estimate of drug-likeness (QED) is 0.845. The van der Waals surface area contributed by atoms with Gasteiger partial charge in [-0.3, -0.25) is 9.78 Å². The van der Waals surface area contributed by atoms with Gasteiger partial charge in [-0.15, -0.1) is 0 Å². The third-order valence-electron chi connectivity index (χ3n) is 3.63. The number of pyridine rings is 1. The van der Waals surface area contributed by atoms with Crippen molar-refractivity contribution in [2.45, 2.75) is 38.5 Å². The van der Waals surface area contributed by atoms with Crippen LogP contribution in [-0.4, -0.2) is 10.9 Å². The number of aromatic nitrogens is 1. The predicted octanol–water partition coefficient (Wildman–Crippen LogP) is 3.65. The van der Waals surface area contributed by atoms with Crippen LogP contribution in [-0.2, 0) is 4.79 Å². The second kappa shape index (κ2) is 6.16. The molecule has 1 N–H and O–H groups in total. The van der Waals surface area contributed by atoms with Gasteiger partial charge in [0.1, 0.15) is 5.41 Å². The number of carbonyl (C=O) groups is 1. The molecule has 1 saturated carbocycles. The van der Waals surface area contributed by atoms with Crippen LogP contribution in [0.25, 0.3) is 0 Å². The smallest absolute Gasteiger partial charge is 0.244 e. The van der Waals surface area contributed by atoms with Crippen molar-refractivity contribution in [1.29, 1.82) is 5.26 Å². The van der Waals surface area contributed by atoms with Crippen molar-refractivity contribution in [3.63, 3.8) is 0 Å². The van der Waals surface area contributed by atoms with E-state index in [1.807, 2.05) is 0 Å². The minimum absolute atomic E-state index is 0.191. The molecule has 1 aromatic heterocycles. The normalized spacial score (nSPS) is 18.1. The van der Waals surface area contributed by atoms with Crippen molar-refractivity contribution in [3.05, 3.63) is 22.9 Å². The van der Waals surface area contributed by atoms with E-state index < -0.39 is 5.41 Å². The number of nitriles is 1. The first-order valence-electron chi connectivity index (χ1n) is 6.50. The van der Waals surface area contributed by atoms with Gasteiger partial charge in [0.05, 0.1) is 16.2 Å². The van der Waals surface area contributed by atoms with Gasteiger partial charge in [-0.1, -0.05) is 25.7 Å². The SMILES string of the molecule is N#CC1(C(=O)Nc2ccncc2Br)CCCCCC1. The molecule has 0 saturated heterocycles. The summed E-state index contributed by atoms with van der Waals surface area (Å²) in [6, 6.07) is 3.98. The molecule has 1 amide bonds. The van der Waals surface area contributed by atoms with Crippen molar-refractivity contribution in [3.8, 4) is 6.07 Å². The molecule has 4 nitrogen and oxygen atoms in total. The monoisotopic (exact) mass is 321 g/mol. The lowest BCUT2D eigenvalue weighted by molar-refractivity contribution is -0.123. The van der Waals surface area contributed by atoms with Crippen molar-refractivity contribution >= 4 is 27.5 Å². The summed E-state index contributed by atoms with van der Waals surface area (Å²) in [5, 5.41) is 12.3. The van der Waals surface area contributed by atoms with Crippen LogP contribution in [0.5, 0.6) is 0 Å². The zero-order chi connectivity index (χ0) is 13.7. The Morgan fingerprint density at radius 3 is 2.63 bits per heavy atom. The molecule has 1 aliphatic carbocycles. The van der Waals surface area contributed by atoms with E-state index in [-0.39, 0.29) is 5.91 Å². The summed E-state index contributed by atoms with van der Waals surface area (Å²) in [4.78, 5) is 16.4. The maximum Gasteiger partial charge on any atom is 0.244 e. The van der Waals surface area contributed by atoms with Gasteiger partial charge in [0.25, 0.3) is 0 Å². The van der Waals surface area contributed by atoms with Crippen LogP contribution in [0.1, 0.15) is 38.5 Å². The number of nitrogens with zero attached hydrogens (tertiary/aromatic N) is 2. The lowest BCUT2D eigenvalue weighted by Gasteiger charge is -2.23. The molecule has 19 heavy (non-hydrogen) atoms. The number of carbonyl (C=O) groups excluding carboxylic acids is 1. The highest BCUT2D eigenvalue weighted by molar-refractivity contribution is 9.10. The van der Waals surface area contributed by atoms with Gasteiger partial charge < -0.3 is 5.32 Å². The molecule has 0 radical (unpaired) electrons. The minimum Gasteiger partial charge on any atom is -0.324 e. The number of anilines is 1. The van der Waals surface area contributed by atoms with Gasteiger partial charge in [-0.25, -0.2) is 0 Å². The maximum absolute atomic E-state index is 12.5. The van der Waals surface area contributed by atoms with E-state index in [2.05, 4.69) is 32.3 Å². The summed E-state index contributed by atoms with van der Waals surface area (Å²) in [6.45, 7) is 0. The fourth-order valence-electron chi connectivity index (χ4n) is 2.44. The Morgan fingerprint density at radius 2 is 2.05 bits per heavy atom. The van der Waals surface area contributed by atoms with Crippen LogP contribution < -0.4 is 5.32 Å². The first-order chi connectivity index (χ1) is 9.18. The van der Waals surface area contributed by atoms with E-state index in [9.17, 15) is 10.1 Å². The highest BCUT2D eigenvalue weighted by Crippen LogP contribution is 2.36. The van der Waals surface area contributed by atoms with E-state index in [0.717, 1.165) is 30.2 Å². The molecule has 100 valence electrons. The number of halogens is 1. The number of rotatable bonds is 2. The Kier molecular flexibility index (Phi) is 4.54. The summed E-state index contributed by atoms with van der Waals surface area (Å²) < 4.78 is 0.727. The molecule has 1 aromatic rings. The maximum atomic E-state index is 12.5. The Hall–Kier alpha value is -1.41. The molecule has 0 spiro atoms. The van der Waals surface area contributed by atoms with Gasteiger partial charge in [0, 0.05) is 12.4 Å². The molecule has 2 rings (SSSR count). The van der Waals surface area contributed by atoms with Crippen LogP contribution in [0, 0.1) is 16.7 Å². The predicted molar refractivity (Wildman–Crippen MR) is 76.3 cm³/mol. The third kappa shape index (κ3) is 3.13. The summed E-state index contributed by atoms with van der Waals surface area (Å²) in [5.41, 5.74) is -0.210. The third-order valence-corrected chi connectivity index (χ3v) is 4.26. The Balaban J connectivity index is 2.17. The molecule has 5 heteroatoms. The zero-order valence-corrected chi connectivity index (χ0v) is 12.2. The Bertz CT molecular complexity index is 502. The van der Waals surface area contributed by atoms with E-state index in [1.165, 1.54) is 0 Å². The average Bonchev–Trinajstić information content (AvgIpc) is 2.67. The van der Waals surface area contributed by atoms with Gasteiger partial charge in [0.15, 0.2) is 0 Å². The average molecular weight is 322 g/mol. The Morgan fingerprint density at radius 1 is 1.37 bits per heavy atom. The van der Waals surface area contributed by atoms with Crippen LogP contribution in [0.2, 0.25) is 0 Å². The van der Waals surface area contributed by atoms with E-state index >= 15 is 0 Å². The largest absolute Gasteiger partial charge is 0.324 e. The topological polar surface area (TPSA) is 65.8 Å². The molecule has 1 fully saturated rings. The lowest BCUT2D eigenvalue weighted by Crippen LogP contribution is -2.34. The molecule has 1 heterocycles. The van der Waals surface area contributed by atoms with Crippen LogP contribution >= 0.6 is 15.9 Å². The summed E-state index contributed by atoms with van der Waals surface area (Å²) in [5.74, 6) is -0.191. The van der Waals surface area contributed by atoms with Gasteiger partial charge in [0.2, 0.25) is 5.91 Å². The molecule has 0 atom stereocenters. The number of amides is 1. The van der Waals surface area contributed by atoms with Gasteiger partial charge in [-0.2, -0.15) is 5.26 Å². The van der Waals surface area contributed by atoms with E-state index in [0.29, 0.717) is 18.5 Å². The molecule has 0 bridgehead atoms. The van der Waals surface area contributed by atoms with E-state index in [4.69, 9.17) is 0 Å². The van der Waals surface area contributed by atoms with Crippen LogP contribution in [0.4, 0.5) is 5.69 Å². The number of hydrogen-bond acceptors (Lipinski definition) is 3.